The minimum atomic E-state index is -0.349. The highest BCUT2D eigenvalue weighted by atomic mass is 16.5. The molecule has 0 aliphatic heterocycles. The molecule has 3 heteroatoms. The number of benzene rings is 1. The molecule has 176 valence electrons. The van der Waals surface area contributed by atoms with Crippen LogP contribution in [0, 0.1) is 0 Å². The van der Waals surface area contributed by atoms with Gasteiger partial charge in [-0.05, 0) is 98.3 Å². The van der Waals surface area contributed by atoms with Gasteiger partial charge in [-0.3, -0.25) is 0 Å². The molecule has 0 heterocycles. The van der Waals surface area contributed by atoms with Crippen LogP contribution in [0.15, 0.2) is 70.9 Å². The molecule has 0 bridgehead atoms. The van der Waals surface area contributed by atoms with Gasteiger partial charge in [0.05, 0.1) is 6.61 Å². The van der Waals surface area contributed by atoms with Gasteiger partial charge in [-0.2, -0.15) is 0 Å². The van der Waals surface area contributed by atoms with E-state index in [-0.39, 0.29) is 12.6 Å². The number of esters is 1. The highest BCUT2D eigenvalue weighted by molar-refractivity contribution is 5.92. The number of carbonyl (C=O) groups is 1. The van der Waals surface area contributed by atoms with Crippen molar-refractivity contribution in [2.75, 3.05) is 13.2 Å². The number of hydrogen-bond donors (Lipinski definition) is 0. The number of rotatable bonds is 14. The third-order valence-corrected chi connectivity index (χ3v) is 5.21. The Hall–Kier alpha value is -2.55. The summed E-state index contributed by atoms with van der Waals surface area (Å²) in [4.78, 5) is 12.3. The maximum atomic E-state index is 12.3. The van der Waals surface area contributed by atoms with Crippen LogP contribution in [0.1, 0.15) is 90.4 Å². The van der Waals surface area contributed by atoms with E-state index in [9.17, 15) is 4.79 Å². The largest absolute Gasteiger partial charge is 0.493 e. The van der Waals surface area contributed by atoms with E-state index >= 15 is 0 Å². The van der Waals surface area contributed by atoms with Gasteiger partial charge in [-0.25, -0.2) is 4.79 Å². The Kier molecular flexibility index (Phi) is 13.9. The molecule has 0 aliphatic rings. The number of allylic oxidation sites excluding steroid dienone is 7. The molecule has 0 amide bonds. The van der Waals surface area contributed by atoms with Crippen molar-refractivity contribution in [2.24, 2.45) is 0 Å². The first-order chi connectivity index (χ1) is 15.3. The van der Waals surface area contributed by atoms with Gasteiger partial charge in [-0.15, -0.1) is 0 Å². The fourth-order valence-corrected chi connectivity index (χ4v) is 3.24. The minimum absolute atomic E-state index is 0.282. The summed E-state index contributed by atoms with van der Waals surface area (Å²) in [5.74, 6) is 0.220. The van der Waals surface area contributed by atoms with Crippen molar-refractivity contribution in [2.45, 2.75) is 80.1 Å². The highest BCUT2D eigenvalue weighted by Gasteiger charge is 2.12. The van der Waals surface area contributed by atoms with E-state index in [4.69, 9.17) is 9.47 Å². The van der Waals surface area contributed by atoms with Crippen LogP contribution in [-0.2, 0) is 4.74 Å². The van der Waals surface area contributed by atoms with Crippen LogP contribution in [0.25, 0.3) is 0 Å². The zero-order valence-electron chi connectivity index (χ0n) is 21.0. The first kappa shape index (κ1) is 27.5. The predicted octanol–water partition coefficient (Wildman–Crippen LogP) is 8.39. The standard InChI is InChI=1S/C29H42O3/c1-7-31-28-20-9-8-19-27(28)29(30)32-22-21-26(6)18-12-17-25(5)16-11-15-24(4)14-10-13-23(2)3/h8-9,13,15,17,19-21H,7,10-12,14,16,18,22H2,1-6H3/b24-15+,25-17+,26-21+. The monoisotopic (exact) mass is 438 g/mol. The van der Waals surface area contributed by atoms with Crippen molar-refractivity contribution in [3.63, 3.8) is 0 Å². The third kappa shape index (κ3) is 12.3. The normalized spacial score (nSPS) is 12.5. The van der Waals surface area contributed by atoms with Gasteiger partial charge in [0.15, 0.2) is 0 Å². The average Bonchev–Trinajstić information content (AvgIpc) is 2.74. The van der Waals surface area contributed by atoms with Gasteiger partial charge < -0.3 is 9.47 Å². The molecule has 3 nitrogen and oxygen atoms in total. The lowest BCUT2D eigenvalue weighted by Gasteiger charge is -2.09. The lowest BCUT2D eigenvalue weighted by Crippen LogP contribution is -2.08. The maximum Gasteiger partial charge on any atom is 0.342 e. The third-order valence-electron chi connectivity index (χ3n) is 5.21. The van der Waals surface area contributed by atoms with E-state index < -0.39 is 0 Å². The molecule has 1 rings (SSSR count). The van der Waals surface area contributed by atoms with Crippen molar-refractivity contribution in [1.82, 2.24) is 0 Å². The van der Waals surface area contributed by atoms with Gasteiger partial charge in [0.2, 0.25) is 0 Å². The molecular formula is C29H42O3. The highest BCUT2D eigenvalue weighted by Crippen LogP contribution is 2.19. The van der Waals surface area contributed by atoms with Gasteiger partial charge in [0.25, 0.3) is 0 Å². The molecule has 0 spiro atoms. The summed E-state index contributed by atoms with van der Waals surface area (Å²) in [5, 5.41) is 0. The number of hydrogen-bond acceptors (Lipinski definition) is 3. The molecule has 1 aromatic carbocycles. The van der Waals surface area contributed by atoms with Gasteiger partial charge >= 0.3 is 5.97 Å². The van der Waals surface area contributed by atoms with E-state index in [1.165, 1.54) is 22.3 Å². The summed E-state index contributed by atoms with van der Waals surface area (Å²) in [5.41, 5.74) is 6.01. The summed E-state index contributed by atoms with van der Waals surface area (Å²) in [6.07, 6.45) is 15.5. The molecule has 0 aromatic heterocycles. The first-order valence-electron chi connectivity index (χ1n) is 11.8. The molecule has 1 aromatic rings. The summed E-state index contributed by atoms with van der Waals surface area (Å²) in [7, 11) is 0. The molecule has 0 aliphatic carbocycles. The maximum absolute atomic E-state index is 12.3. The summed E-state index contributed by atoms with van der Waals surface area (Å²) in [6.45, 7) is 13.5. The summed E-state index contributed by atoms with van der Waals surface area (Å²) in [6, 6.07) is 7.19. The van der Waals surface area contributed by atoms with Crippen LogP contribution >= 0.6 is 0 Å². The molecule has 0 fully saturated rings. The second kappa shape index (κ2) is 16.1. The molecule has 0 N–H and O–H groups in total. The number of carbonyl (C=O) groups excluding carboxylic acids is 1. The van der Waals surface area contributed by atoms with Crippen molar-refractivity contribution in [1.29, 1.82) is 0 Å². The zero-order chi connectivity index (χ0) is 23.8. The van der Waals surface area contributed by atoms with E-state index in [1.54, 1.807) is 12.1 Å². The smallest absolute Gasteiger partial charge is 0.342 e. The van der Waals surface area contributed by atoms with E-state index in [1.807, 2.05) is 25.1 Å². The summed E-state index contributed by atoms with van der Waals surface area (Å²) >= 11 is 0. The van der Waals surface area contributed by atoms with Crippen LogP contribution in [-0.4, -0.2) is 19.2 Å². The van der Waals surface area contributed by atoms with Gasteiger partial charge in [0.1, 0.15) is 17.9 Å². The van der Waals surface area contributed by atoms with E-state index in [2.05, 4.69) is 52.8 Å². The van der Waals surface area contributed by atoms with Crippen LogP contribution in [0.4, 0.5) is 0 Å². The number of para-hydroxylation sites is 1. The van der Waals surface area contributed by atoms with Crippen molar-refractivity contribution >= 4 is 5.97 Å². The fourth-order valence-electron chi connectivity index (χ4n) is 3.24. The van der Waals surface area contributed by atoms with Crippen LogP contribution < -0.4 is 4.74 Å². The SMILES string of the molecule is CCOc1ccccc1C(=O)OC/C=C(\C)CC/C=C(\C)CC/C=C(\C)CCC=C(C)C. The molecule has 0 saturated heterocycles. The Bertz CT molecular complexity index is 821. The molecule has 32 heavy (non-hydrogen) atoms. The van der Waals surface area contributed by atoms with Crippen molar-refractivity contribution < 1.29 is 14.3 Å². The van der Waals surface area contributed by atoms with Crippen LogP contribution in [0.5, 0.6) is 5.75 Å². The minimum Gasteiger partial charge on any atom is -0.493 e. The summed E-state index contributed by atoms with van der Waals surface area (Å²) < 4.78 is 10.9. The van der Waals surface area contributed by atoms with Gasteiger partial charge in [-0.1, -0.05) is 52.7 Å². The zero-order valence-corrected chi connectivity index (χ0v) is 21.0. The molecule has 0 saturated carbocycles. The number of ether oxygens (including phenoxy) is 2. The van der Waals surface area contributed by atoms with Crippen molar-refractivity contribution in [3.05, 3.63) is 76.4 Å². The Morgan fingerprint density at radius 1 is 0.781 bits per heavy atom. The molecular weight excluding hydrogens is 396 g/mol. The van der Waals surface area contributed by atoms with Gasteiger partial charge in [0, 0.05) is 0 Å². The Morgan fingerprint density at radius 2 is 1.31 bits per heavy atom. The average molecular weight is 439 g/mol. The Morgan fingerprint density at radius 3 is 1.88 bits per heavy atom. The molecule has 0 unspecified atom stereocenters. The molecule has 0 radical (unpaired) electrons. The lowest BCUT2D eigenvalue weighted by molar-refractivity contribution is 0.0544. The second-order valence-corrected chi connectivity index (χ2v) is 8.58. The second-order valence-electron chi connectivity index (χ2n) is 8.58. The topological polar surface area (TPSA) is 35.5 Å². The van der Waals surface area contributed by atoms with E-state index in [0.29, 0.717) is 17.9 Å². The predicted molar refractivity (Wildman–Crippen MR) is 136 cm³/mol. The van der Waals surface area contributed by atoms with Crippen LogP contribution in [0.3, 0.4) is 0 Å². The lowest BCUT2D eigenvalue weighted by atomic mass is 10.0. The molecule has 0 atom stereocenters. The first-order valence-corrected chi connectivity index (χ1v) is 11.8. The van der Waals surface area contributed by atoms with Crippen molar-refractivity contribution in [3.8, 4) is 5.75 Å². The van der Waals surface area contributed by atoms with Crippen LogP contribution in [0.2, 0.25) is 0 Å². The fraction of sp³-hybridized carbons (Fsp3) is 0.483. The Labute approximate surface area is 195 Å². The van der Waals surface area contributed by atoms with E-state index in [0.717, 1.165) is 38.5 Å². The Balaban J connectivity index is 2.34. The quantitative estimate of drug-likeness (QED) is 0.216.